The van der Waals surface area contributed by atoms with E-state index in [1.807, 2.05) is 0 Å². The van der Waals surface area contributed by atoms with Crippen molar-refractivity contribution in [1.82, 2.24) is 0 Å². The van der Waals surface area contributed by atoms with E-state index in [-0.39, 0.29) is 11.5 Å². The largest absolute Gasteiger partial charge is 0.386 e. The standard InChI is InChI=1S/C12H9NO4/c1-7(14)13-9-4-2-8(3-5-9)10-6-11(15)17-12(10)16/h2-6H,1H3,(H,13,14). The molecule has 1 heterocycles. The van der Waals surface area contributed by atoms with Gasteiger partial charge in [-0.2, -0.15) is 0 Å². The van der Waals surface area contributed by atoms with Crippen LogP contribution in [0.15, 0.2) is 30.3 Å². The maximum absolute atomic E-state index is 11.3. The van der Waals surface area contributed by atoms with Crippen LogP contribution in [0.3, 0.4) is 0 Å². The maximum atomic E-state index is 11.3. The van der Waals surface area contributed by atoms with Crippen LogP contribution in [0.4, 0.5) is 5.69 Å². The first kappa shape index (κ1) is 11.1. The molecule has 0 unspecified atom stereocenters. The van der Waals surface area contributed by atoms with E-state index >= 15 is 0 Å². The van der Waals surface area contributed by atoms with Crippen molar-refractivity contribution in [3.05, 3.63) is 35.9 Å². The molecule has 0 radical (unpaired) electrons. The normalized spacial score (nSPS) is 14.3. The minimum Gasteiger partial charge on any atom is -0.386 e. The predicted octanol–water partition coefficient (Wildman–Crippen LogP) is 1.11. The Morgan fingerprint density at radius 3 is 2.29 bits per heavy atom. The van der Waals surface area contributed by atoms with Gasteiger partial charge in [0.2, 0.25) is 5.91 Å². The van der Waals surface area contributed by atoms with Crippen molar-refractivity contribution in [2.24, 2.45) is 0 Å². The van der Waals surface area contributed by atoms with E-state index in [1.54, 1.807) is 24.3 Å². The van der Waals surface area contributed by atoms with Gasteiger partial charge >= 0.3 is 11.9 Å². The summed E-state index contributed by atoms with van der Waals surface area (Å²) in [6.45, 7) is 1.41. The molecule has 5 nitrogen and oxygen atoms in total. The van der Waals surface area contributed by atoms with Gasteiger partial charge in [-0.15, -0.1) is 0 Å². The monoisotopic (exact) mass is 231 g/mol. The van der Waals surface area contributed by atoms with Gasteiger partial charge in [-0.3, -0.25) is 4.79 Å². The Morgan fingerprint density at radius 1 is 1.18 bits per heavy atom. The average Bonchev–Trinajstić information content (AvgIpc) is 2.58. The van der Waals surface area contributed by atoms with E-state index in [1.165, 1.54) is 6.92 Å². The van der Waals surface area contributed by atoms with Gasteiger partial charge in [-0.25, -0.2) is 9.59 Å². The fourth-order valence-electron chi connectivity index (χ4n) is 1.49. The summed E-state index contributed by atoms with van der Waals surface area (Å²) in [7, 11) is 0. The lowest BCUT2D eigenvalue weighted by molar-refractivity contribution is -0.149. The third-order valence-electron chi connectivity index (χ3n) is 2.19. The Kier molecular flexibility index (Phi) is 2.74. The molecular weight excluding hydrogens is 222 g/mol. The fourth-order valence-corrected chi connectivity index (χ4v) is 1.49. The molecule has 0 saturated carbocycles. The van der Waals surface area contributed by atoms with Crippen molar-refractivity contribution in [1.29, 1.82) is 0 Å². The van der Waals surface area contributed by atoms with Gasteiger partial charge in [-0.05, 0) is 17.7 Å². The van der Waals surface area contributed by atoms with Crippen molar-refractivity contribution in [3.8, 4) is 0 Å². The fraction of sp³-hybridized carbons (Fsp3) is 0.0833. The molecule has 1 aromatic carbocycles. The van der Waals surface area contributed by atoms with Gasteiger partial charge in [0.25, 0.3) is 0 Å². The van der Waals surface area contributed by atoms with Crippen molar-refractivity contribution in [2.75, 3.05) is 5.32 Å². The molecule has 0 bridgehead atoms. The molecule has 1 aliphatic heterocycles. The lowest BCUT2D eigenvalue weighted by Crippen LogP contribution is -2.05. The summed E-state index contributed by atoms with van der Waals surface area (Å²) in [5.41, 5.74) is 1.43. The van der Waals surface area contributed by atoms with Crippen LogP contribution >= 0.6 is 0 Å². The molecule has 1 amide bonds. The molecule has 0 atom stereocenters. The van der Waals surface area contributed by atoms with Crippen LogP contribution in [-0.4, -0.2) is 17.8 Å². The number of rotatable bonds is 2. The molecular formula is C12H9NO4. The second-order valence-electron chi connectivity index (χ2n) is 3.53. The topological polar surface area (TPSA) is 72.5 Å². The number of hydrogen-bond donors (Lipinski definition) is 1. The summed E-state index contributed by atoms with van der Waals surface area (Å²) >= 11 is 0. The Balaban J connectivity index is 2.24. The number of hydrogen-bond acceptors (Lipinski definition) is 4. The minimum absolute atomic E-state index is 0.174. The summed E-state index contributed by atoms with van der Waals surface area (Å²) in [6, 6.07) is 6.56. The number of amides is 1. The number of benzene rings is 1. The van der Waals surface area contributed by atoms with E-state index in [0.29, 0.717) is 11.3 Å². The highest BCUT2D eigenvalue weighted by atomic mass is 16.6. The zero-order valence-electron chi connectivity index (χ0n) is 9.02. The highest BCUT2D eigenvalue weighted by molar-refractivity contribution is 6.28. The molecule has 17 heavy (non-hydrogen) atoms. The van der Waals surface area contributed by atoms with E-state index in [9.17, 15) is 14.4 Å². The Labute approximate surface area is 97.1 Å². The minimum atomic E-state index is -0.657. The Hall–Kier alpha value is -2.43. The van der Waals surface area contributed by atoms with Gasteiger partial charge in [0, 0.05) is 18.7 Å². The molecule has 1 aromatic rings. The van der Waals surface area contributed by atoms with Crippen LogP contribution in [0.2, 0.25) is 0 Å². The van der Waals surface area contributed by atoms with Gasteiger partial charge < -0.3 is 10.1 Å². The number of cyclic esters (lactones) is 2. The third kappa shape index (κ3) is 2.39. The lowest BCUT2D eigenvalue weighted by atomic mass is 10.1. The Bertz CT molecular complexity index is 528. The van der Waals surface area contributed by atoms with Gasteiger partial charge in [0.15, 0.2) is 0 Å². The number of esters is 2. The molecule has 86 valence electrons. The highest BCUT2D eigenvalue weighted by Crippen LogP contribution is 2.22. The van der Waals surface area contributed by atoms with Gasteiger partial charge in [0.1, 0.15) is 0 Å². The lowest BCUT2D eigenvalue weighted by Gasteiger charge is -2.03. The SMILES string of the molecule is CC(=O)Nc1ccc(C2=CC(=O)OC2=O)cc1. The summed E-state index contributed by atoms with van der Waals surface area (Å²) in [6.07, 6.45) is 1.15. The quantitative estimate of drug-likeness (QED) is 0.611. The first-order chi connectivity index (χ1) is 8.06. The first-order valence-electron chi connectivity index (χ1n) is 4.92. The Morgan fingerprint density at radius 2 is 1.82 bits per heavy atom. The number of ether oxygens (including phenoxy) is 1. The molecule has 5 heteroatoms. The predicted molar refractivity (Wildman–Crippen MR) is 59.8 cm³/mol. The van der Waals surface area contributed by atoms with Crippen LogP contribution in [0.25, 0.3) is 5.57 Å². The first-order valence-corrected chi connectivity index (χ1v) is 4.92. The van der Waals surface area contributed by atoms with Crippen molar-refractivity contribution in [3.63, 3.8) is 0 Å². The average molecular weight is 231 g/mol. The second-order valence-corrected chi connectivity index (χ2v) is 3.53. The van der Waals surface area contributed by atoms with Crippen LogP contribution in [0.5, 0.6) is 0 Å². The molecule has 0 saturated heterocycles. The zero-order valence-corrected chi connectivity index (χ0v) is 9.02. The maximum Gasteiger partial charge on any atom is 0.346 e. The molecule has 0 fully saturated rings. The number of carbonyl (C=O) groups excluding carboxylic acids is 3. The molecule has 0 spiro atoms. The summed E-state index contributed by atoms with van der Waals surface area (Å²) in [4.78, 5) is 32.9. The van der Waals surface area contributed by atoms with Crippen LogP contribution in [-0.2, 0) is 19.1 Å². The second kappa shape index (κ2) is 4.21. The van der Waals surface area contributed by atoms with Crippen LogP contribution in [0, 0.1) is 0 Å². The van der Waals surface area contributed by atoms with E-state index in [2.05, 4.69) is 10.1 Å². The molecule has 1 aliphatic rings. The molecule has 0 aliphatic carbocycles. The molecule has 1 N–H and O–H groups in total. The highest BCUT2D eigenvalue weighted by Gasteiger charge is 2.24. The van der Waals surface area contributed by atoms with E-state index in [0.717, 1.165) is 6.08 Å². The van der Waals surface area contributed by atoms with Gasteiger partial charge in [0.05, 0.1) is 5.57 Å². The molecule has 2 rings (SSSR count). The van der Waals surface area contributed by atoms with Crippen molar-refractivity contribution >= 4 is 29.1 Å². The van der Waals surface area contributed by atoms with Crippen molar-refractivity contribution in [2.45, 2.75) is 6.92 Å². The van der Waals surface area contributed by atoms with Crippen LogP contribution in [0.1, 0.15) is 12.5 Å². The van der Waals surface area contributed by atoms with E-state index in [4.69, 9.17) is 0 Å². The summed E-state index contributed by atoms with van der Waals surface area (Å²) < 4.78 is 4.38. The summed E-state index contributed by atoms with van der Waals surface area (Å²) in [5, 5.41) is 2.60. The molecule has 0 aromatic heterocycles. The number of anilines is 1. The number of carbonyl (C=O) groups is 3. The third-order valence-corrected chi connectivity index (χ3v) is 2.19. The smallest absolute Gasteiger partial charge is 0.346 e. The van der Waals surface area contributed by atoms with E-state index < -0.39 is 11.9 Å². The van der Waals surface area contributed by atoms with Crippen molar-refractivity contribution < 1.29 is 19.1 Å². The number of nitrogens with one attached hydrogen (secondary N) is 1. The zero-order chi connectivity index (χ0) is 12.4. The van der Waals surface area contributed by atoms with Gasteiger partial charge in [-0.1, -0.05) is 12.1 Å². The summed E-state index contributed by atoms with van der Waals surface area (Å²) in [5.74, 6) is -1.48. The van der Waals surface area contributed by atoms with Crippen LogP contribution < -0.4 is 5.32 Å².